The Balaban J connectivity index is 1.12. The molecule has 1 aromatic carbocycles. The number of allylic oxidation sites excluding steroid dienone is 3. The number of aliphatic hydroxyl groups excluding tert-OH is 4. The van der Waals surface area contributed by atoms with Crippen LogP contribution in [-0.4, -0.2) is 217 Å². The molecule has 4 saturated heterocycles. The van der Waals surface area contributed by atoms with Gasteiger partial charge in [-0.1, -0.05) is 62.3 Å². The number of amides is 1. The monoisotopic (exact) mass is 1330 g/mol. The van der Waals surface area contributed by atoms with Gasteiger partial charge in [0.1, 0.15) is 36.6 Å². The van der Waals surface area contributed by atoms with Crippen LogP contribution in [0.4, 0.5) is 4.79 Å². The minimum atomic E-state index is -2.05. The van der Waals surface area contributed by atoms with Crippen molar-refractivity contribution < 1.29 is 102 Å². The molecule has 0 saturated carbocycles. The Hall–Kier alpha value is -3.64. The maximum absolute atomic E-state index is 14.4. The second-order valence-corrected chi connectivity index (χ2v) is 24.8. The van der Waals surface area contributed by atoms with Crippen LogP contribution in [0.25, 0.3) is 0 Å². The Morgan fingerprint density at radius 2 is 1.60 bits per heavy atom. The first-order chi connectivity index (χ1) is 40.0. The van der Waals surface area contributed by atoms with E-state index in [1.54, 1.807) is 52.6 Å². The number of likely N-dealkylation sites (N-methyl/N-ethyl adjacent to an activating group) is 1. The van der Waals surface area contributed by atoms with E-state index >= 15 is 0 Å². The average molecular weight is 1330 g/mol. The number of aliphatic hydroxyl groups is 5. The highest BCUT2D eigenvalue weighted by atomic mass is 127. The number of fused-ring (bicyclic) bond motifs is 2. The molecule has 84 heavy (non-hydrogen) atoms. The van der Waals surface area contributed by atoms with Gasteiger partial charge in [-0.25, -0.2) is 4.79 Å². The molecule has 24 nitrogen and oxygen atoms in total. The molecule has 7 rings (SSSR count). The number of Topliss-reactive ketones (excluding diaryl/α,β-unsaturated/α-hetero) is 1. The molecule has 0 spiro atoms. The molecule has 19 atom stereocenters. The highest BCUT2D eigenvalue weighted by Gasteiger charge is 2.52. The van der Waals surface area contributed by atoms with Crippen LogP contribution in [0.3, 0.4) is 0 Å². The van der Waals surface area contributed by atoms with Crippen LogP contribution in [0, 0.1) is 34.2 Å². The summed E-state index contributed by atoms with van der Waals surface area (Å²) >= 11 is 4.38. The van der Waals surface area contributed by atoms with Gasteiger partial charge in [-0.05, 0) is 79.8 Å². The summed E-state index contributed by atoms with van der Waals surface area (Å²) in [5, 5.41) is 62.9. The van der Waals surface area contributed by atoms with Crippen molar-refractivity contribution in [1.29, 1.82) is 0 Å². The van der Waals surface area contributed by atoms with Crippen molar-refractivity contribution in [2.75, 3.05) is 54.5 Å². The van der Waals surface area contributed by atoms with Crippen molar-refractivity contribution in [3.63, 3.8) is 0 Å². The number of hydroxylamine groups is 1. The van der Waals surface area contributed by atoms with E-state index in [-0.39, 0.29) is 76.5 Å². The number of carbonyl (C=O) groups is 3. The molecule has 6 aliphatic rings. The normalized spacial score (nSPS) is 36.0. The molecular formula is C57H78IN3O21S2. The molecule has 4 heterocycles. The van der Waals surface area contributed by atoms with Crippen molar-refractivity contribution in [2.45, 2.75) is 188 Å². The summed E-state index contributed by atoms with van der Waals surface area (Å²) in [4.78, 5) is 47.6. The number of ether oxygens (including phenoxy) is 12. The first-order valence-corrected chi connectivity index (χ1v) is 30.5. The van der Waals surface area contributed by atoms with Crippen LogP contribution < -0.4 is 30.3 Å². The second-order valence-electron chi connectivity index (χ2n) is 20.9. The minimum Gasteiger partial charge on any atom is -0.492 e. The zero-order valence-corrected chi connectivity index (χ0v) is 52.7. The molecule has 2 bridgehead atoms. The number of hydrogen-bond donors (Lipinski definition) is 8. The number of nitrogens with one attached hydrogen (secondary N) is 3. The molecule has 0 aromatic heterocycles. The van der Waals surface area contributed by atoms with Crippen LogP contribution >= 0.6 is 46.1 Å². The van der Waals surface area contributed by atoms with E-state index in [9.17, 15) is 39.9 Å². The molecule has 0 radical (unpaired) electrons. The Bertz CT molecular complexity index is 2720. The number of halogens is 1. The number of hydrogen-bond acceptors (Lipinski definition) is 25. The van der Waals surface area contributed by atoms with Crippen LogP contribution in [0.1, 0.15) is 76.7 Å². The van der Waals surface area contributed by atoms with Crippen molar-refractivity contribution in [2.24, 2.45) is 0 Å². The number of thioether (sulfide) groups is 2. The van der Waals surface area contributed by atoms with E-state index in [0.717, 1.165) is 18.9 Å². The standard InChI is InChI=1S/C57H78IN3O21S2/c1-13-59-32-25-75-37(23-36(32)70-8)80-50-45(65)42(28(5)77-55(50)79-35-18-16-14-15-17-20-57(69)24-34(63)43(60-56(68)74-12)40(35)31(57)19-21-83-26(2)3)61-82-38-22-33(62)52(30(7)76-38)84-53(67)39-27(4)41(58)48(51(73-11)47(39)71-9)81-54-46(66)49(72-10)44(64)29(6)78-54/h14-15,19,26,28-30,32-33,35-38,42,44-46,49-50,52,54-55,59,61-62,64-66,69H,13,21-25H2,1-12H3,(H,60,68)/b15-14-,31-19-/t28-,29+,30-,32+,33+,35+,36+,37+,38+,42-,44+,45+,46-,49-,50-,52-,54+,55+,57+/m1/s1. The van der Waals surface area contributed by atoms with E-state index in [0.29, 0.717) is 21.4 Å². The van der Waals surface area contributed by atoms with E-state index < -0.39 is 127 Å². The number of carbonyl (C=O) groups excluding carboxylic acids is 3. The molecule has 1 amide bonds. The first-order valence-electron chi connectivity index (χ1n) is 27.5. The number of benzene rings is 1. The summed E-state index contributed by atoms with van der Waals surface area (Å²) in [5.41, 5.74) is 1.34. The van der Waals surface area contributed by atoms with Gasteiger partial charge in [-0.15, -0.1) is 0 Å². The predicted octanol–water partition coefficient (Wildman–Crippen LogP) is 2.68. The molecule has 8 N–H and O–H groups in total. The van der Waals surface area contributed by atoms with Gasteiger partial charge >= 0.3 is 6.09 Å². The quantitative estimate of drug-likeness (QED) is 0.0498. The largest absolute Gasteiger partial charge is 0.492 e. The van der Waals surface area contributed by atoms with Gasteiger partial charge in [-0.3, -0.25) is 19.7 Å². The van der Waals surface area contributed by atoms with E-state index in [1.165, 1.54) is 33.5 Å². The third-order valence-corrected chi connectivity index (χ3v) is 18.7. The van der Waals surface area contributed by atoms with E-state index in [1.807, 2.05) is 43.4 Å². The Morgan fingerprint density at radius 1 is 0.881 bits per heavy atom. The van der Waals surface area contributed by atoms with Gasteiger partial charge in [0.2, 0.25) is 17.2 Å². The predicted molar refractivity (Wildman–Crippen MR) is 314 cm³/mol. The number of ketones is 1. The molecular weight excluding hydrogens is 1250 g/mol. The van der Waals surface area contributed by atoms with Gasteiger partial charge < -0.3 is 87.7 Å². The maximum atomic E-state index is 14.4. The molecule has 466 valence electrons. The number of alkyl carbamates (subject to hydrolysis) is 1. The fraction of sp³-hybridized carbons (Fsp3) is 0.667. The van der Waals surface area contributed by atoms with Gasteiger partial charge in [0.05, 0.1) is 97.0 Å². The minimum absolute atomic E-state index is 0.00660. The maximum Gasteiger partial charge on any atom is 0.411 e. The lowest BCUT2D eigenvalue weighted by atomic mass is 9.75. The molecule has 4 fully saturated rings. The third kappa shape index (κ3) is 15.4. The number of rotatable bonds is 21. The summed E-state index contributed by atoms with van der Waals surface area (Å²) in [6, 6.07) is -1.26. The fourth-order valence-electron chi connectivity index (χ4n) is 10.6. The van der Waals surface area contributed by atoms with Crippen LogP contribution in [0.2, 0.25) is 0 Å². The SMILES string of the molecule is CCN[C@H]1CO[C@@H](O[C@H]2[C@H](O[C@H]3C#C/C=C\C#C[C@]4(O)CC(=O)C(NC(=O)OC)=C3/C4=C/CSC(C)C)O[C@H](C)[C@@H](NO[C@H]3C[C@H](O)[C@H](SC(=O)c4c(C)c(I)c(O[C@@H]5O[C@@H](C)[C@H](O)[C@@H](OC)[C@H]5O)c(OC)c4OC)[C@@H](C)O3)[C@@H]2O)C[C@@H]1OC. The zero-order chi connectivity index (χ0) is 61.3. The third-order valence-electron chi connectivity index (χ3n) is 15.0. The molecule has 4 aliphatic heterocycles. The van der Waals surface area contributed by atoms with Crippen molar-refractivity contribution in [1.82, 2.24) is 16.1 Å². The highest BCUT2D eigenvalue weighted by Crippen LogP contribution is 2.49. The highest BCUT2D eigenvalue weighted by molar-refractivity contribution is 14.1. The van der Waals surface area contributed by atoms with Crippen LogP contribution in [0.15, 0.2) is 35.1 Å². The van der Waals surface area contributed by atoms with Gasteiger partial charge in [0.15, 0.2) is 41.8 Å². The van der Waals surface area contributed by atoms with Crippen LogP contribution in [0.5, 0.6) is 17.2 Å². The van der Waals surface area contributed by atoms with Crippen molar-refractivity contribution in [3.8, 4) is 40.9 Å². The fourth-order valence-corrected chi connectivity index (χ4v) is 13.1. The topological polar surface area (TPSA) is 308 Å². The van der Waals surface area contributed by atoms with Crippen LogP contribution in [-0.2, 0) is 52.3 Å². The van der Waals surface area contributed by atoms with Crippen molar-refractivity contribution in [3.05, 3.63) is 49.8 Å². The Labute approximate surface area is 511 Å². The summed E-state index contributed by atoms with van der Waals surface area (Å²) in [5.74, 6) is 11.4. The lowest BCUT2D eigenvalue weighted by Crippen LogP contribution is -2.65. The van der Waals surface area contributed by atoms with Gasteiger partial charge in [0.25, 0.3) is 0 Å². The van der Waals surface area contributed by atoms with Gasteiger partial charge in [0, 0.05) is 44.0 Å². The van der Waals surface area contributed by atoms with E-state index in [4.69, 9.17) is 61.7 Å². The number of methoxy groups -OCH3 is 5. The summed E-state index contributed by atoms with van der Waals surface area (Å²) in [6.45, 7) is 13.4. The Morgan fingerprint density at radius 3 is 2.25 bits per heavy atom. The van der Waals surface area contributed by atoms with E-state index in [2.05, 4.69) is 39.8 Å². The average Bonchev–Trinajstić information content (AvgIpc) is 3.34. The Kier molecular flexibility index (Phi) is 24.7. The summed E-state index contributed by atoms with van der Waals surface area (Å²) in [6.07, 6.45) is -13.7. The zero-order valence-electron chi connectivity index (χ0n) is 48.9. The first kappa shape index (κ1) is 67.9. The molecule has 2 aliphatic carbocycles. The molecule has 1 aromatic rings. The summed E-state index contributed by atoms with van der Waals surface area (Å²) in [7, 11) is 6.80. The van der Waals surface area contributed by atoms with Gasteiger partial charge in [-0.2, -0.15) is 17.2 Å². The molecule has 27 heteroatoms. The summed E-state index contributed by atoms with van der Waals surface area (Å²) < 4.78 is 72.6. The lowest BCUT2D eigenvalue weighted by Gasteiger charge is -2.46. The molecule has 0 unspecified atom stereocenters. The smallest absolute Gasteiger partial charge is 0.411 e. The second kappa shape index (κ2) is 30.5. The van der Waals surface area contributed by atoms with Crippen molar-refractivity contribution >= 4 is 63.1 Å². The lowest BCUT2D eigenvalue weighted by molar-refractivity contribution is -0.336.